The van der Waals surface area contributed by atoms with Gasteiger partial charge in [-0.25, -0.2) is 9.18 Å². The maximum absolute atomic E-state index is 13.8. The van der Waals surface area contributed by atoms with Crippen molar-refractivity contribution in [1.29, 1.82) is 0 Å². The molecule has 106 valence electrons. The molecule has 0 radical (unpaired) electrons. The fourth-order valence-corrected chi connectivity index (χ4v) is 2.11. The van der Waals surface area contributed by atoms with Crippen molar-refractivity contribution in [2.24, 2.45) is 5.41 Å². The summed E-state index contributed by atoms with van der Waals surface area (Å²) in [7, 11) is 3.24. The molecule has 1 aromatic carbocycles. The zero-order chi connectivity index (χ0) is 14.6. The minimum atomic E-state index is -0.646. The molecule has 0 aliphatic carbocycles. The Kier molecular flexibility index (Phi) is 5.06. The normalized spacial score (nSPS) is 11.7. The van der Waals surface area contributed by atoms with Gasteiger partial charge in [0.25, 0.3) is 0 Å². The summed E-state index contributed by atoms with van der Waals surface area (Å²) in [6.07, 6.45) is 0. The van der Waals surface area contributed by atoms with E-state index in [0.717, 1.165) is 12.1 Å². The van der Waals surface area contributed by atoms with Crippen LogP contribution in [0.15, 0.2) is 18.2 Å². The lowest BCUT2D eigenvalue weighted by molar-refractivity contribution is 0.0595. The first-order valence-corrected chi connectivity index (χ1v) is 6.28. The maximum atomic E-state index is 13.8. The first kappa shape index (κ1) is 15.6. The average molecular weight is 267 g/mol. The highest BCUT2D eigenvalue weighted by atomic mass is 19.1. The molecule has 0 aliphatic rings. The Labute approximate surface area is 114 Å². The van der Waals surface area contributed by atoms with E-state index in [1.165, 1.54) is 19.2 Å². The van der Waals surface area contributed by atoms with Crippen LogP contribution in [0.3, 0.4) is 0 Å². The van der Waals surface area contributed by atoms with Gasteiger partial charge < -0.3 is 9.64 Å². The number of methoxy groups -OCH3 is 1. The van der Waals surface area contributed by atoms with Crippen molar-refractivity contribution >= 4 is 5.97 Å². The molecule has 3 nitrogen and oxygen atoms in total. The molecule has 0 aliphatic heterocycles. The van der Waals surface area contributed by atoms with E-state index in [1.807, 2.05) is 7.05 Å². The van der Waals surface area contributed by atoms with Gasteiger partial charge in [0.15, 0.2) is 0 Å². The van der Waals surface area contributed by atoms with E-state index in [9.17, 15) is 9.18 Å². The number of halogens is 1. The molecule has 4 heteroatoms. The Balaban J connectivity index is 2.76. The fourth-order valence-electron chi connectivity index (χ4n) is 2.11. The smallest absolute Gasteiger partial charge is 0.340 e. The van der Waals surface area contributed by atoms with Gasteiger partial charge in [0, 0.05) is 13.1 Å². The molecule has 0 unspecified atom stereocenters. The van der Waals surface area contributed by atoms with Crippen LogP contribution >= 0.6 is 0 Å². The summed E-state index contributed by atoms with van der Waals surface area (Å²) in [5.74, 6) is -1.18. The van der Waals surface area contributed by atoms with Crippen LogP contribution in [0.4, 0.5) is 4.39 Å². The molecule has 0 aromatic heterocycles. The van der Waals surface area contributed by atoms with Crippen molar-refractivity contribution in [3.05, 3.63) is 35.1 Å². The molecule has 0 saturated heterocycles. The molecule has 19 heavy (non-hydrogen) atoms. The lowest BCUT2D eigenvalue weighted by Crippen LogP contribution is -2.28. The van der Waals surface area contributed by atoms with E-state index in [2.05, 4.69) is 30.4 Å². The number of carbonyl (C=O) groups is 1. The van der Waals surface area contributed by atoms with E-state index in [1.54, 1.807) is 6.07 Å². The van der Waals surface area contributed by atoms with E-state index in [0.29, 0.717) is 6.54 Å². The van der Waals surface area contributed by atoms with Crippen molar-refractivity contribution in [3.8, 4) is 0 Å². The second kappa shape index (κ2) is 6.15. The second-order valence-corrected chi connectivity index (χ2v) is 6.04. The van der Waals surface area contributed by atoms with Gasteiger partial charge >= 0.3 is 5.97 Å². The van der Waals surface area contributed by atoms with Crippen LogP contribution in [0.1, 0.15) is 36.7 Å². The summed E-state index contributed by atoms with van der Waals surface area (Å²) in [6, 6.07) is 4.63. The summed E-state index contributed by atoms with van der Waals surface area (Å²) >= 11 is 0. The van der Waals surface area contributed by atoms with Gasteiger partial charge in [-0.15, -0.1) is 0 Å². The molecule has 0 heterocycles. The van der Waals surface area contributed by atoms with Gasteiger partial charge in [-0.3, -0.25) is 0 Å². The molecule has 0 atom stereocenters. The first-order valence-electron chi connectivity index (χ1n) is 6.28. The monoisotopic (exact) mass is 267 g/mol. The summed E-state index contributed by atoms with van der Waals surface area (Å²) < 4.78 is 18.3. The topological polar surface area (TPSA) is 29.5 Å². The number of benzene rings is 1. The average Bonchev–Trinajstić information content (AvgIpc) is 2.25. The minimum Gasteiger partial charge on any atom is -0.465 e. The van der Waals surface area contributed by atoms with Gasteiger partial charge in [-0.05, 0) is 30.2 Å². The predicted octanol–water partition coefficient (Wildman–Crippen LogP) is 3.09. The van der Waals surface area contributed by atoms with Crippen molar-refractivity contribution in [3.63, 3.8) is 0 Å². The van der Waals surface area contributed by atoms with E-state index in [4.69, 9.17) is 0 Å². The summed E-state index contributed by atoms with van der Waals surface area (Å²) in [5, 5.41) is 0. The second-order valence-electron chi connectivity index (χ2n) is 6.04. The summed E-state index contributed by atoms with van der Waals surface area (Å²) in [4.78, 5) is 13.4. The number of hydrogen-bond donors (Lipinski definition) is 0. The Morgan fingerprint density at radius 2 is 2.00 bits per heavy atom. The highest BCUT2D eigenvalue weighted by molar-refractivity contribution is 5.89. The van der Waals surface area contributed by atoms with Gasteiger partial charge in [0.1, 0.15) is 5.82 Å². The number of esters is 1. The van der Waals surface area contributed by atoms with E-state index < -0.39 is 11.8 Å². The third kappa shape index (κ3) is 4.99. The number of hydrogen-bond acceptors (Lipinski definition) is 3. The summed E-state index contributed by atoms with van der Waals surface area (Å²) in [6.45, 7) is 8.03. The Morgan fingerprint density at radius 3 is 2.47 bits per heavy atom. The van der Waals surface area contributed by atoms with Crippen LogP contribution in [0.5, 0.6) is 0 Å². The predicted molar refractivity (Wildman–Crippen MR) is 73.5 cm³/mol. The van der Waals surface area contributed by atoms with Gasteiger partial charge in [-0.2, -0.15) is 0 Å². The van der Waals surface area contributed by atoms with Crippen LogP contribution in [-0.4, -0.2) is 31.6 Å². The molecule has 1 aromatic rings. The molecular weight excluding hydrogens is 245 g/mol. The summed E-state index contributed by atoms with van der Waals surface area (Å²) in [5.41, 5.74) is 1.01. The molecular formula is C15H22FNO2. The van der Waals surface area contributed by atoms with Gasteiger partial charge in [0.05, 0.1) is 12.7 Å². The maximum Gasteiger partial charge on any atom is 0.340 e. The zero-order valence-corrected chi connectivity index (χ0v) is 12.3. The molecule has 0 N–H and O–H groups in total. The highest BCUT2D eigenvalue weighted by Gasteiger charge is 2.15. The fraction of sp³-hybridized carbons (Fsp3) is 0.533. The number of carbonyl (C=O) groups excluding carboxylic acids is 1. The molecule has 1 rings (SSSR count). The van der Waals surface area contributed by atoms with Crippen LogP contribution in [0.2, 0.25) is 0 Å². The Bertz CT molecular complexity index is 452. The zero-order valence-electron chi connectivity index (χ0n) is 12.3. The van der Waals surface area contributed by atoms with Crippen molar-refractivity contribution in [1.82, 2.24) is 4.90 Å². The largest absolute Gasteiger partial charge is 0.465 e. The number of nitrogens with zero attached hydrogens (tertiary/aromatic N) is 1. The molecule has 0 saturated carbocycles. The first-order chi connectivity index (χ1) is 8.73. The Morgan fingerprint density at radius 1 is 1.37 bits per heavy atom. The highest BCUT2D eigenvalue weighted by Crippen LogP contribution is 2.17. The molecule has 0 spiro atoms. The third-order valence-electron chi connectivity index (χ3n) is 2.64. The molecule has 0 fully saturated rings. The number of rotatable bonds is 4. The van der Waals surface area contributed by atoms with Gasteiger partial charge in [0.2, 0.25) is 0 Å². The van der Waals surface area contributed by atoms with Crippen LogP contribution in [-0.2, 0) is 11.3 Å². The SMILES string of the molecule is COC(=O)c1ccc(CN(C)CC(C)(C)C)cc1F. The van der Waals surface area contributed by atoms with E-state index >= 15 is 0 Å². The van der Waals surface area contributed by atoms with Gasteiger partial charge in [-0.1, -0.05) is 26.8 Å². The van der Waals surface area contributed by atoms with Crippen molar-refractivity contribution < 1.29 is 13.9 Å². The lowest BCUT2D eigenvalue weighted by atomic mass is 9.96. The molecule has 0 bridgehead atoms. The third-order valence-corrected chi connectivity index (χ3v) is 2.64. The number of ether oxygens (including phenoxy) is 1. The van der Waals surface area contributed by atoms with E-state index in [-0.39, 0.29) is 11.0 Å². The standard InChI is InChI=1S/C15H22FNO2/c1-15(2,3)10-17(4)9-11-6-7-12(13(16)8-11)14(18)19-5/h6-8H,9-10H2,1-5H3. The van der Waals surface area contributed by atoms with Crippen LogP contribution in [0.25, 0.3) is 0 Å². The minimum absolute atomic E-state index is 0.0234. The van der Waals surface area contributed by atoms with Crippen molar-refractivity contribution in [2.45, 2.75) is 27.3 Å². The molecule has 0 amide bonds. The van der Waals surface area contributed by atoms with Crippen molar-refractivity contribution in [2.75, 3.05) is 20.7 Å². The quantitative estimate of drug-likeness (QED) is 0.785. The van der Waals surface area contributed by atoms with Crippen LogP contribution in [0, 0.1) is 11.2 Å². The Hall–Kier alpha value is -1.42. The lowest BCUT2D eigenvalue weighted by Gasteiger charge is -2.26. The van der Waals surface area contributed by atoms with Crippen LogP contribution < -0.4 is 0 Å².